The molecule has 0 spiro atoms. The van der Waals surface area contributed by atoms with Crippen molar-refractivity contribution in [3.8, 4) is 5.69 Å². The first-order valence-corrected chi connectivity index (χ1v) is 7.61. The number of hydrogen-bond donors (Lipinski definition) is 1. The molecule has 0 amide bonds. The van der Waals surface area contributed by atoms with Gasteiger partial charge in [-0.1, -0.05) is 11.6 Å². The van der Waals surface area contributed by atoms with Crippen LogP contribution in [0.4, 0.5) is 0 Å². The number of rotatable bonds is 2. The van der Waals surface area contributed by atoms with Gasteiger partial charge in [0.25, 0.3) is 0 Å². The molecule has 0 bridgehead atoms. The minimum absolute atomic E-state index is 0.575. The molecule has 1 aromatic heterocycles. The van der Waals surface area contributed by atoms with Gasteiger partial charge in [0.15, 0.2) is 0 Å². The molecule has 1 saturated heterocycles. The first-order chi connectivity index (χ1) is 9.25. The molecule has 1 N–H and O–H groups in total. The van der Waals surface area contributed by atoms with Crippen molar-refractivity contribution in [1.82, 2.24) is 14.9 Å². The summed E-state index contributed by atoms with van der Waals surface area (Å²) in [5, 5.41) is 4.12. The number of benzene rings is 1. The van der Waals surface area contributed by atoms with Crippen LogP contribution < -0.4 is 5.32 Å². The fourth-order valence-electron chi connectivity index (χ4n) is 2.58. The molecule has 0 atom stereocenters. The maximum atomic E-state index is 6.18. The molecule has 1 aromatic carbocycles. The molecule has 2 heterocycles. The second-order valence-electron chi connectivity index (χ2n) is 4.81. The highest BCUT2D eigenvalue weighted by Gasteiger charge is 2.19. The van der Waals surface area contributed by atoms with Crippen LogP contribution in [-0.2, 0) is 0 Å². The van der Waals surface area contributed by atoms with Crippen molar-refractivity contribution >= 4 is 27.5 Å². The summed E-state index contributed by atoms with van der Waals surface area (Å²) in [7, 11) is 0. The zero-order valence-corrected chi connectivity index (χ0v) is 12.8. The molecule has 1 aliphatic heterocycles. The topological polar surface area (TPSA) is 29.9 Å². The minimum atomic E-state index is 0.575. The van der Waals surface area contributed by atoms with Gasteiger partial charge in [-0.2, -0.15) is 0 Å². The summed E-state index contributed by atoms with van der Waals surface area (Å²) < 4.78 is 3.07. The van der Waals surface area contributed by atoms with Gasteiger partial charge in [0.05, 0.1) is 11.3 Å². The summed E-state index contributed by atoms with van der Waals surface area (Å²) in [6.45, 7) is 2.16. The molecule has 19 heavy (non-hydrogen) atoms. The van der Waals surface area contributed by atoms with Gasteiger partial charge in [-0.15, -0.1) is 0 Å². The van der Waals surface area contributed by atoms with Crippen LogP contribution in [0.15, 0.2) is 35.2 Å². The van der Waals surface area contributed by atoms with E-state index < -0.39 is 0 Å². The van der Waals surface area contributed by atoms with E-state index in [1.165, 1.54) is 5.69 Å². The van der Waals surface area contributed by atoms with Gasteiger partial charge in [0.1, 0.15) is 0 Å². The number of hydrogen-bond acceptors (Lipinski definition) is 2. The number of piperidine rings is 1. The Morgan fingerprint density at radius 3 is 2.84 bits per heavy atom. The average Bonchev–Trinajstić information content (AvgIpc) is 2.92. The number of nitrogens with zero attached hydrogens (tertiary/aromatic N) is 2. The Bertz CT molecular complexity index is 576. The van der Waals surface area contributed by atoms with Gasteiger partial charge in [0.2, 0.25) is 0 Å². The SMILES string of the molecule is Clc1cc(-n2cncc2C2CCNCC2)ccc1Br. The molecular formula is C14H15BrClN3. The van der Waals surface area contributed by atoms with E-state index in [0.717, 1.165) is 41.1 Å². The fraction of sp³-hybridized carbons (Fsp3) is 0.357. The monoisotopic (exact) mass is 339 g/mol. The van der Waals surface area contributed by atoms with E-state index in [9.17, 15) is 0 Å². The molecule has 0 saturated carbocycles. The molecule has 0 radical (unpaired) electrons. The number of aromatic nitrogens is 2. The summed E-state index contributed by atoms with van der Waals surface area (Å²) in [5.74, 6) is 0.575. The third kappa shape index (κ3) is 2.71. The van der Waals surface area contributed by atoms with Crippen LogP contribution in [-0.4, -0.2) is 22.6 Å². The van der Waals surface area contributed by atoms with Gasteiger partial charge in [-0.25, -0.2) is 4.98 Å². The summed E-state index contributed by atoms with van der Waals surface area (Å²) >= 11 is 9.60. The van der Waals surface area contributed by atoms with Crippen LogP contribution in [0.5, 0.6) is 0 Å². The Kier molecular flexibility index (Phi) is 3.91. The number of nitrogens with one attached hydrogen (secondary N) is 1. The first kappa shape index (κ1) is 13.2. The number of imidazole rings is 1. The van der Waals surface area contributed by atoms with Gasteiger partial charge >= 0.3 is 0 Å². The molecule has 0 unspecified atom stereocenters. The molecule has 0 aliphatic carbocycles. The van der Waals surface area contributed by atoms with E-state index in [4.69, 9.17) is 11.6 Å². The van der Waals surface area contributed by atoms with Gasteiger partial charge < -0.3 is 9.88 Å². The van der Waals surface area contributed by atoms with Crippen molar-refractivity contribution in [2.75, 3.05) is 13.1 Å². The van der Waals surface area contributed by atoms with Crippen LogP contribution in [0.25, 0.3) is 5.69 Å². The van der Waals surface area contributed by atoms with Crippen LogP contribution in [0.2, 0.25) is 5.02 Å². The summed E-state index contributed by atoms with van der Waals surface area (Å²) in [4.78, 5) is 4.31. The second kappa shape index (κ2) is 5.65. The highest BCUT2D eigenvalue weighted by Crippen LogP contribution is 2.29. The molecule has 2 aromatic rings. The van der Waals surface area contributed by atoms with Crippen molar-refractivity contribution in [2.24, 2.45) is 0 Å². The third-order valence-electron chi connectivity index (χ3n) is 3.61. The van der Waals surface area contributed by atoms with Crippen LogP contribution in [0.3, 0.4) is 0 Å². The standard InChI is InChI=1S/C14H15BrClN3/c15-12-2-1-11(7-13(12)16)19-9-18-8-14(19)10-3-5-17-6-4-10/h1-2,7-10,17H,3-6H2. The van der Waals surface area contributed by atoms with Gasteiger partial charge in [-0.05, 0) is 60.1 Å². The molecule has 3 nitrogen and oxygen atoms in total. The van der Waals surface area contributed by atoms with E-state index in [1.807, 2.05) is 24.7 Å². The molecule has 1 fully saturated rings. The predicted molar refractivity (Wildman–Crippen MR) is 81.1 cm³/mol. The maximum Gasteiger partial charge on any atom is 0.0994 e. The molecule has 5 heteroatoms. The Balaban J connectivity index is 1.96. The fourth-order valence-corrected chi connectivity index (χ4v) is 3.00. The molecule has 1 aliphatic rings. The largest absolute Gasteiger partial charge is 0.317 e. The van der Waals surface area contributed by atoms with Crippen molar-refractivity contribution in [3.63, 3.8) is 0 Å². The van der Waals surface area contributed by atoms with Crippen molar-refractivity contribution in [1.29, 1.82) is 0 Å². The molecule has 100 valence electrons. The van der Waals surface area contributed by atoms with Gasteiger partial charge in [0, 0.05) is 28.0 Å². The Hall–Kier alpha value is -0.840. The minimum Gasteiger partial charge on any atom is -0.317 e. The highest BCUT2D eigenvalue weighted by atomic mass is 79.9. The van der Waals surface area contributed by atoms with Crippen molar-refractivity contribution < 1.29 is 0 Å². The lowest BCUT2D eigenvalue weighted by atomic mass is 9.95. The van der Waals surface area contributed by atoms with E-state index in [2.05, 4.69) is 36.9 Å². The Morgan fingerprint density at radius 2 is 2.11 bits per heavy atom. The molecule has 3 rings (SSSR count). The zero-order valence-electron chi connectivity index (χ0n) is 10.4. The third-order valence-corrected chi connectivity index (χ3v) is 4.84. The highest BCUT2D eigenvalue weighted by molar-refractivity contribution is 9.10. The normalized spacial score (nSPS) is 16.7. The van der Waals surface area contributed by atoms with Crippen molar-refractivity contribution in [3.05, 3.63) is 45.9 Å². The van der Waals surface area contributed by atoms with Gasteiger partial charge in [-0.3, -0.25) is 0 Å². The first-order valence-electron chi connectivity index (χ1n) is 6.44. The smallest absolute Gasteiger partial charge is 0.0994 e. The lowest BCUT2D eigenvalue weighted by Gasteiger charge is -2.23. The summed E-state index contributed by atoms with van der Waals surface area (Å²) in [6, 6.07) is 6.00. The van der Waals surface area contributed by atoms with Crippen molar-refractivity contribution in [2.45, 2.75) is 18.8 Å². The Labute approximate surface area is 126 Å². The van der Waals surface area contributed by atoms with Crippen LogP contribution in [0, 0.1) is 0 Å². The predicted octanol–water partition coefficient (Wildman–Crippen LogP) is 3.76. The maximum absolute atomic E-state index is 6.18. The van der Waals surface area contributed by atoms with Crippen LogP contribution in [0.1, 0.15) is 24.5 Å². The van der Waals surface area contributed by atoms with E-state index in [1.54, 1.807) is 0 Å². The lowest BCUT2D eigenvalue weighted by Crippen LogP contribution is -2.27. The second-order valence-corrected chi connectivity index (χ2v) is 6.07. The van der Waals surface area contributed by atoms with Crippen LogP contribution >= 0.6 is 27.5 Å². The van der Waals surface area contributed by atoms with E-state index >= 15 is 0 Å². The van der Waals surface area contributed by atoms with E-state index in [-0.39, 0.29) is 0 Å². The average molecular weight is 341 g/mol. The number of halogens is 2. The lowest BCUT2D eigenvalue weighted by molar-refractivity contribution is 0.449. The Morgan fingerprint density at radius 1 is 1.32 bits per heavy atom. The summed E-state index contributed by atoms with van der Waals surface area (Å²) in [6.07, 6.45) is 6.18. The summed E-state index contributed by atoms with van der Waals surface area (Å²) in [5.41, 5.74) is 2.35. The molecular weight excluding hydrogens is 326 g/mol. The quantitative estimate of drug-likeness (QED) is 0.902. The zero-order chi connectivity index (χ0) is 13.2. The van der Waals surface area contributed by atoms with E-state index in [0.29, 0.717) is 5.92 Å².